The molecule has 0 saturated heterocycles. The van der Waals surface area contributed by atoms with Crippen LogP contribution in [0.2, 0.25) is 0 Å². The molecule has 0 fully saturated rings. The monoisotopic (exact) mass is 911 g/mol. The van der Waals surface area contributed by atoms with Gasteiger partial charge in [-0.05, 0) is 74.1 Å². The molecule has 0 aliphatic carbocycles. The van der Waals surface area contributed by atoms with Gasteiger partial charge < -0.3 is 23.9 Å². The molecular formula is C46H98N6O5S3. The zero-order valence-electron chi connectivity index (χ0n) is 43.5. The van der Waals surface area contributed by atoms with Gasteiger partial charge in [0.15, 0.2) is 18.6 Å². The number of thioether (sulfide) groups is 3. The van der Waals surface area contributed by atoms with Crippen LogP contribution in [-0.2, 0) is 23.9 Å². The van der Waals surface area contributed by atoms with Gasteiger partial charge in [0.1, 0.15) is 12.7 Å². The van der Waals surface area contributed by atoms with Crippen LogP contribution < -0.4 is 0 Å². The third-order valence-corrected chi connectivity index (χ3v) is 9.91. The van der Waals surface area contributed by atoms with E-state index in [-0.39, 0.29) is 12.2 Å². The molecule has 0 aromatic heterocycles. The minimum atomic E-state index is 0.110. The van der Waals surface area contributed by atoms with Crippen LogP contribution >= 0.6 is 35.3 Å². The molecule has 6 rings (SSSR count). The molecule has 6 aliphatic heterocycles. The number of aliphatic imine (C=N–C) groups is 4. The largest absolute Gasteiger partial charge is 0.478 e. The highest BCUT2D eigenvalue weighted by atomic mass is 32.2. The standard InChI is InChI=1S/C6H11NO.3C6H11NS.2C5H9NO2.6C2H6/c1-5-3-4-7-6(2)8-5;1-5-3-7-6(2)8-4-5;2*1-5-3-4-8-6(2)7-5;1-4-3-7-6-5(2)8-4;1-4-3-7-5(2)6-8-4;6*1-2/h4*5H,3-4H2,1-2H3;2*4H,3H2,1-2H3;6*1-2H3. The Morgan fingerprint density at radius 1 is 0.483 bits per heavy atom. The highest BCUT2D eigenvalue weighted by Gasteiger charge is 2.11. The number of hydrogen-bond acceptors (Lipinski definition) is 14. The molecule has 60 heavy (non-hydrogen) atoms. The maximum atomic E-state index is 5.24. The van der Waals surface area contributed by atoms with E-state index in [1.807, 2.05) is 139 Å². The van der Waals surface area contributed by atoms with Crippen molar-refractivity contribution in [2.75, 3.05) is 43.6 Å². The molecule has 6 aliphatic rings. The summed E-state index contributed by atoms with van der Waals surface area (Å²) in [5.74, 6) is 6.64. The zero-order valence-corrected chi connectivity index (χ0v) is 45.9. The van der Waals surface area contributed by atoms with Crippen LogP contribution in [0.15, 0.2) is 30.3 Å². The number of hydrogen-bond donors (Lipinski definition) is 0. The van der Waals surface area contributed by atoms with Gasteiger partial charge in [-0.3, -0.25) is 20.0 Å². The van der Waals surface area contributed by atoms with Gasteiger partial charge >= 0.3 is 0 Å². The lowest BCUT2D eigenvalue weighted by molar-refractivity contribution is 0.000235. The van der Waals surface area contributed by atoms with Crippen LogP contribution in [0.1, 0.15) is 185 Å². The molecule has 0 bridgehead atoms. The van der Waals surface area contributed by atoms with E-state index in [4.69, 9.17) is 23.9 Å². The average molecular weight is 912 g/mol. The molecule has 360 valence electrons. The molecule has 0 radical (unpaired) electrons. The van der Waals surface area contributed by atoms with Crippen molar-refractivity contribution in [2.45, 2.75) is 216 Å². The molecule has 0 aromatic rings. The first-order valence-corrected chi connectivity index (χ1v) is 26.0. The van der Waals surface area contributed by atoms with Crippen LogP contribution in [0.3, 0.4) is 0 Å². The molecule has 0 spiro atoms. The Morgan fingerprint density at radius 2 is 0.967 bits per heavy atom. The van der Waals surface area contributed by atoms with Crippen molar-refractivity contribution in [3.05, 3.63) is 0 Å². The molecule has 0 saturated carbocycles. The van der Waals surface area contributed by atoms with E-state index in [1.165, 1.54) is 45.2 Å². The Morgan fingerprint density at radius 3 is 1.22 bits per heavy atom. The van der Waals surface area contributed by atoms with Gasteiger partial charge in [-0.2, -0.15) is 0 Å². The Hall–Kier alpha value is -1.93. The Kier molecular flexibility index (Phi) is 61.9. The first-order valence-electron chi connectivity index (χ1n) is 23.1. The van der Waals surface area contributed by atoms with E-state index in [0.29, 0.717) is 43.2 Å². The SMILES string of the molecule is CC.CC.CC.CC.CC.CC.CC1=NC(C)CCS1.CC1=NC(C)CCS1.CC1=NCC(C)CS1.CC1=NCCC(C)O1.CC1=NOC(C)CO1.CC1=NOCC(C)O1. The fourth-order valence-electron chi connectivity index (χ4n) is 4.05. The topological polar surface area (TPSA) is 120 Å². The maximum absolute atomic E-state index is 5.24. The van der Waals surface area contributed by atoms with E-state index >= 15 is 0 Å². The van der Waals surface area contributed by atoms with Crippen LogP contribution in [0.25, 0.3) is 0 Å². The summed E-state index contributed by atoms with van der Waals surface area (Å²) in [7, 11) is 0. The molecule has 14 heteroatoms. The first kappa shape index (κ1) is 69.8. The van der Waals surface area contributed by atoms with Crippen molar-refractivity contribution < 1.29 is 23.9 Å². The van der Waals surface area contributed by atoms with Crippen molar-refractivity contribution in [2.24, 2.45) is 36.2 Å². The van der Waals surface area contributed by atoms with Crippen molar-refractivity contribution in [3.63, 3.8) is 0 Å². The lowest BCUT2D eigenvalue weighted by Gasteiger charge is -2.17. The van der Waals surface area contributed by atoms with Gasteiger partial charge in [0.25, 0.3) is 0 Å². The Bertz CT molecular complexity index is 1020. The number of nitrogens with zero attached hydrogens (tertiary/aromatic N) is 6. The predicted octanol–water partition coefficient (Wildman–Crippen LogP) is 14.5. The molecule has 6 atom stereocenters. The third kappa shape index (κ3) is 50.4. The van der Waals surface area contributed by atoms with Gasteiger partial charge in [-0.1, -0.05) is 100 Å². The summed E-state index contributed by atoms with van der Waals surface area (Å²) in [5, 5.41) is 10.9. The highest BCUT2D eigenvalue weighted by Crippen LogP contribution is 2.17. The first-order chi connectivity index (χ1) is 28.7. The van der Waals surface area contributed by atoms with Gasteiger partial charge in [0.05, 0.1) is 21.2 Å². The summed E-state index contributed by atoms with van der Waals surface area (Å²) in [6.07, 6.45) is 4.22. The lowest BCUT2D eigenvalue weighted by Crippen LogP contribution is -2.22. The van der Waals surface area contributed by atoms with Gasteiger partial charge in [-0.15, -0.1) is 35.3 Å². The second-order valence-electron chi connectivity index (χ2n) is 12.3. The summed E-state index contributed by atoms with van der Waals surface area (Å²) in [5.41, 5.74) is 0. The molecular weight excluding hydrogens is 813 g/mol. The quantitative estimate of drug-likeness (QED) is 0.236. The fraction of sp³-hybridized carbons (Fsp3) is 0.870. The fourth-order valence-corrected chi connectivity index (χ4v) is 6.87. The molecule has 0 N–H and O–H groups in total. The van der Waals surface area contributed by atoms with Gasteiger partial charge in [0, 0.05) is 69.6 Å². The average Bonchev–Trinajstić information content (AvgIpc) is 3.25. The Labute approximate surface area is 385 Å². The zero-order chi connectivity index (χ0) is 47.9. The van der Waals surface area contributed by atoms with E-state index in [9.17, 15) is 0 Å². The summed E-state index contributed by atoms with van der Waals surface area (Å²) >= 11 is 5.62. The number of rotatable bonds is 0. The van der Waals surface area contributed by atoms with Gasteiger partial charge in [-0.25, -0.2) is 0 Å². The third-order valence-electron chi connectivity index (χ3n) is 6.70. The summed E-state index contributed by atoms with van der Waals surface area (Å²) in [6, 6.07) is 1.16. The van der Waals surface area contributed by atoms with Crippen LogP contribution in [0.5, 0.6) is 0 Å². The molecule has 6 heterocycles. The summed E-state index contributed by atoms with van der Waals surface area (Å²) < 4.78 is 15.4. The van der Waals surface area contributed by atoms with Gasteiger partial charge in [0.2, 0.25) is 11.8 Å². The van der Waals surface area contributed by atoms with Crippen LogP contribution in [0.4, 0.5) is 0 Å². The molecule has 0 amide bonds. The Balaban J connectivity index is -0.000000139. The van der Waals surface area contributed by atoms with Crippen LogP contribution in [-0.4, -0.2) is 107 Å². The van der Waals surface area contributed by atoms with E-state index in [1.54, 1.807) is 13.8 Å². The second kappa shape index (κ2) is 53.2. The molecule has 0 aromatic carbocycles. The summed E-state index contributed by atoms with van der Waals surface area (Å²) in [6.45, 7) is 51.4. The van der Waals surface area contributed by atoms with Crippen molar-refractivity contribution in [1.29, 1.82) is 0 Å². The minimum Gasteiger partial charge on any atom is -0.478 e. The number of oxime groups is 2. The van der Waals surface area contributed by atoms with E-state index < -0.39 is 0 Å². The van der Waals surface area contributed by atoms with Crippen molar-refractivity contribution in [3.8, 4) is 0 Å². The maximum Gasteiger partial charge on any atom is 0.222 e. The van der Waals surface area contributed by atoms with E-state index in [2.05, 4.69) is 78.7 Å². The van der Waals surface area contributed by atoms with Crippen molar-refractivity contribution in [1.82, 2.24) is 0 Å². The summed E-state index contributed by atoms with van der Waals surface area (Å²) in [4.78, 5) is 26.7. The highest BCUT2D eigenvalue weighted by molar-refractivity contribution is 8.14. The lowest BCUT2D eigenvalue weighted by atomic mass is 10.2. The predicted molar refractivity (Wildman–Crippen MR) is 279 cm³/mol. The number of ether oxygens (including phenoxy) is 3. The molecule has 6 unspecified atom stereocenters. The van der Waals surface area contributed by atoms with Crippen LogP contribution in [0, 0.1) is 5.92 Å². The smallest absolute Gasteiger partial charge is 0.222 e. The van der Waals surface area contributed by atoms with Crippen molar-refractivity contribution >= 4 is 68.1 Å². The second-order valence-corrected chi connectivity index (χ2v) is 16.1. The molecule has 11 nitrogen and oxygen atoms in total. The minimum absolute atomic E-state index is 0.110. The normalized spacial score (nSPS) is 23.7. The van der Waals surface area contributed by atoms with E-state index in [0.717, 1.165) is 31.3 Å².